The van der Waals surface area contributed by atoms with Crippen LogP contribution in [0.2, 0.25) is 0 Å². The van der Waals surface area contributed by atoms with E-state index in [1.807, 2.05) is 7.05 Å². The second-order valence-corrected chi connectivity index (χ2v) is 5.30. The molecule has 2 N–H and O–H groups in total. The van der Waals surface area contributed by atoms with E-state index in [2.05, 4.69) is 59.7 Å². The Morgan fingerprint density at radius 1 is 1.14 bits per heavy atom. The maximum absolute atomic E-state index is 4.75. The number of nitrogens with zero attached hydrogens (tertiary/aromatic N) is 1. The average Bonchev–Trinajstić information content (AvgIpc) is 2.95. The maximum atomic E-state index is 4.75. The van der Waals surface area contributed by atoms with Crippen molar-refractivity contribution in [1.82, 2.24) is 15.3 Å². The van der Waals surface area contributed by atoms with Crippen molar-refractivity contribution in [2.75, 3.05) is 13.6 Å². The lowest BCUT2D eigenvalue weighted by Gasteiger charge is -2.06. The molecular formula is C18H21N3. The Balaban J connectivity index is 2.03. The first-order chi connectivity index (χ1) is 10.3. The number of fused-ring (bicyclic) bond motifs is 1. The summed E-state index contributed by atoms with van der Waals surface area (Å²) in [5.74, 6) is 0.963. The fourth-order valence-corrected chi connectivity index (χ4v) is 2.63. The summed E-state index contributed by atoms with van der Waals surface area (Å²) in [4.78, 5) is 8.22. The van der Waals surface area contributed by atoms with Crippen LogP contribution in [-0.2, 0) is 12.8 Å². The number of H-pyrrole nitrogens is 1. The molecule has 0 radical (unpaired) electrons. The van der Waals surface area contributed by atoms with Crippen molar-refractivity contribution in [2.24, 2.45) is 0 Å². The zero-order valence-corrected chi connectivity index (χ0v) is 12.6. The molecule has 0 aliphatic rings. The highest BCUT2D eigenvalue weighted by molar-refractivity contribution is 5.80. The monoisotopic (exact) mass is 279 g/mol. The first-order valence-corrected chi connectivity index (χ1v) is 7.53. The summed E-state index contributed by atoms with van der Waals surface area (Å²) in [6.45, 7) is 3.14. The SMILES string of the molecule is CCc1ccc2nc(-c3ccccc3CCNC)[nH]c2c1. The van der Waals surface area contributed by atoms with E-state index < -0.39 is 0 Å². The molecule has 21 heavy (non-hydrogen) atoms. The fraction of sp³-hybridized carbons (Fsp3) is 0.278. The molecule has 1 heterocycles. The van der Waals surface area contributed by atoms with Crippen molar-refractivity contribution >= 4 is 11.0 Å². The lowest BCUT2D eigenvalue weighted by Crippen LogP contribution is -2.10. The van der Waals surface area contributed by atoms with Crippen LogP contribution in [0.1, 0.15) is 18.1 Å². The first-order valence-electron chi connectivity index (χ1n) is 7.53. The molecule has 0 aliphatic carbocycles. The standard InChI is InChI=1S/C18H21N3/c1-3-13-8-9-16-17(12-13)21-18(20-16)15-7-5-4-6-14(15)10-11-19-2/h4-9,12,19H,3,10-11H2,1-2H3,(H,20,21). The van der Waals surface area contributed by atoms with Gasteiger partial charge in [-0.05, 0) is 49.7 Å². The highest BCUT2D eigenvalue weighted by Gasteiger charge is 2.09. The van der Waals surface area contributed by atoms with Gasteiger partial charge in [-0.25, -0.2) is 4.98 Å². The molecule has 3 heteroatoms. The topological polar surface area (TPSA) is 40.7 Å². The third kappa shape index (κ3) is 2.83. The predicted molar refractivity (Wildman–Crippen MR) is 88.5 cm³/mol. The lowest BCUT2D eigenvalue weighted by molar-refractivity contribution is 0.792. The van der Waals surface area contributed by atoms with Crippen LogP contribution >= 0.6 is 0 Å². The van der Waals surface area contributed by atoms with Gasteiger partial charge in [0.05, 0.1) is 11.0 Å². The van der Waals surface area contributed by atoms with Crippen LogP contribution in [0.3, 0.4) is 0 Å². The van der Waals surface area contributed by atoms with Gasteiger partial charge in [0.25, 0.3) is 0 Å². The predicted octanol–water partition coefficient (Wildman–Crippen LogP) is 3.55. The van der Waals surface area contributed by atoms with Gasteiger partial charge in [0.2, 0.25) is 0 Å². The van der Waals surface area contributed by atoms with Gasteiger partial charge in [-0.15, -0.1) is 0 Å². The van der Waals surface area contributed by atoms with Crippen LogP contribution in [0.4, 0.5) is 0 Å². The Hall–Kier alpha value is -2.13. The summed E-state index contributed by atoms with van der Waals surface area (Å²) >= 11 is 0. The highest BCUT2D eigenvalue weighted by atomic mass is 14.9. The Morgan fingerprint density at radius 2 is 2.00 bits per heavy atom. The summed E-state index contributed by atoms with van der Waals surface area (Å²) in [6, 6.07) is 14.9. The van der Waals surface area contributed by atoms with Gasteiger partial charge in [-0.3, -0.25) is 0 Å². The minimum absolute atomic E-state index is 0.963. The number of likely N-dealkylation sites (N-methyl/N-ethyl adjacent to an activating group) is 1. The summed E-state index contributed by atoms with van der Waals surface area (Å²) in [7, 11) is 1.98. The Labute approximate surface area is 125 Å². The molecule has 0 fully saturated rings. The van der Waals surface area contributed by atoms with E-state index in [0.717, 1.165) is 36.2 Å². The highest BCUT2D eigenvalue weighted by Crippen LogP contribution is 2.24. The molecule has 0 atom stereocenters. The normalized spacial score (nSPS) is 11.1. The molecule has 3 nitrogen and oxygen atoms in total. The molecule has 0 aliphatic heterocycles. The summed E-state index contributed by atoms with van der Waals surface area (Å²) in [5.41, 5.74) is 6.00. The summed E-state index contributed by atoms with van der Waals surface area (Å²) in [6.07, 6.45) is 2.05. The van der Waals surface area contributed by atoms with Crippen LogP contribution in [0, 0.1) is 0 Å². The molecule has 0 bridgehead atoms. The van der Waals surface area contributed by atoms with Gasteiger partial charge >= 0.3 is 0 Å². The quantitative estimate of drug-likeness (QED) is 0.750. The van der Waals surface area contributed by atoms with Gasteiger partial charge < -0.3 is 10.3 Å². The average molecular weight is 279 g/mol. The Bertz CT molecular complexity index is 743. The van der Waals surface area contributed by atoms with Crippen molar-refractivity contribution in [3.63, 3.8) is 0 Å². The van der Waals surface area contributed by atoms with Gasteiger partial charge in [0.1, 0.15) is 5.82 Å². The fourth-order valence-electron chi connectivity index (χ4n) is 2.63. The van der Waals surface area contributed by atoms with Gasteiger partial charge in [-0.1, -0.05) is 37.3 Å². The van der Waals surface area contributed by atoms with E-state index >= 15 is 0 Å². The zero-order valence-electron chi connectivity index (χ0n) is 12.6. The molecular weight excluding hydrogens is 258 g/mol. The number of hydrogen-bond acceptors (Lipinski definition) is 2. The summed E-state index contributed by atoms with van der Waals surface area (Å²) < 4.78 is 0. The van der Waals surface area contributed by atoms with Crippen molar-refractivity contribution in [3.05, 3.63) is 53.6 Å². The van der Waals surface area contributed by atoms with Crippen LogP contribution in [0.5, 0.6) is 0 Å². The van der Waals surface area contributed by atoms with Crippen molar-refractivity contribution in [3.8, 4) is 11.4 Å². The number of nitrogens with one attached hydrogen (secondary N) is 2. The van der Waals surface area contributed by atoms with E-state index in [9.17, 15) is 0 Å². The zero-order chi connectivity index (χ0) is 14.7. The minimum Gasteiger partial charge on any atom is -0.338 e. The number of aryl methyl sites for hydroxylation is 1. The third-order valence-electron chi connectivity index (χ3n) is 3.87. The van der Waals surface area contributed by atoms with Gasteiger partial charge in [0, 0.05) is 5.56 Å². The van der Waals surface area contributed by atoms with Crippen LogP contribution in [-0.4, -0.2) is 23.6 Å². The van der Waals surface area contributed by atoms with E-state index in [1.54, 1.807) is 0 Å². The maximum Gasteiger partial charge on any atom is 0.138 e. The molecule has 3 aromatic rings. The molecule has 0 unspecified atom stereocenters. The lowest BCUT2D eigenvalue weighted by atomic mass is 10.0. The molecule has 2 aromatic carbocycles. The van der Waals surface area contributed by atoms with Crippen LogP contribution < -0.4 is 5.32 Å². The first kappa shape index (κ1) is 13.8. The second-order valence-electron chi connectivity index (χ2n) is 5.30. The second kappa shape index (κ2) is 6.10. The molecule has 3 rings (SSSR count). The van der Waals surface area contributed by atoms with E-state index in [0.29, 0.717) is 0 Å². The van der Waals surface area contributed by atoms with Gasteiger partial charge in [0.15, 0.2) is 0 Å². The molecule has 0 spiro atoms. The number of aromatic nitrogens is 2. The smallest absolute Gasteiger partial charge is 0.138 e. The Morgan fingerprint density at radius 3 is 2.81 bits per heavy atom. The number of hydrogen-bond donors (Lipinski definition) is 2. The Kier molecular flexibility index (Phi) is 4.02. The number of rotatable bonds is 5. The van der Waals surface area contributed by atoms with Crippen LogP contribution in [0.15, 0.2) is 42.5 Å². The molecule has 108 valence electrons. The molecule has 0 saturated carbocycles. The van der Waals surface area contributed by atoms with Crippen LogP contribution in [0.25, 0.3) is 22.4 Å². The number of imidazole rings is 1. The minimum atomic E-state index is 0.963. The van der Waals surface area contributed by atoms with E-state index in [4.69, 9.17) is 4.98 Å². The molecule has 0 saturated heterocycles. The summed E-state index contributed by atoms with van der Waals surface area (Å²) in [5, 5.41) is 3.21. The molecule has 0 amide bonds. The van der Waals surface area contributed by atoms with Crippen molar-refractivity contribution < 1.29 is 0 Å². The largest absolute Gasteiger partial charge is 0.338 e. The molecule has 1 aromatic heterocycles. The third-order valence-corrected chi connectivity index (χ3v) is 3.87. The van der Waals surface area contributed by atoms with Gasteiger partial charge in [-0.2, -0.15) is 0 Å². The van der Waals surface area contributed by atoms with E-state index in [-0.39, 0.29) is 0 Å². The number of benzene rings is 2. The van der Waals surface area contributed by atoms with E-state index in [1.165, 1.54) is 16.7 Å². The number of aromatic amines is 1. The van der Waals surface area contributed by atoms with Crippen molar-refractivity contribution in [2.45, 2.75) is 19.8 Å². The van der Waals surface area contributed by atoms with Crippen molar-refractivity contribution in [1.29, 1.82) is 0 Å².